The van der Waals surface area contributed by atoms with Gasteiger partial charge in [-0.15, -0.1) is 11.8 Å². The molecule has 0 aliphatic rings. The van der Waals surface area contributed by atoms with E-state index in [1.54, 1.807) is 11.8 Å². The first-order chi connectivity index (χ1) is 11.8. The number of pyridine rings is 1. The van der Waals surface area contributed by atoms with Gasteiger partial charge in [0.05, 0.1) is 11.1 Å². The van der Waals surface area contributed by atoms with Crippen molar-refractivity contribution in [2.45, 2.75) is 76.4 Å². The molecule has 0 fully saturated rings. The number of aromatic nitrogens is 1. The minimum Gasteiger partial charge on any atom is -0.350 e. The number of rotatable bonds is 11. The van der Waals surface area contributed by atoms with Crippen LogP contribution < -0.4 is 5.32 Å². The van der Waals surface area contributed by atoms with Gasteiger partial charge in [-0.2, -0.15) is 0 Å². The number of nitrogens with one attached hydrogen (secondary N) is 1. The maximum absolute atomic E-state index is 12.7. The van der Waals surface area contributed by atoms with Gasteiger partial charge in [0, 0.05) is 24.0 Å². The summed E-state index contributed by atoms with van der Waals surface area (Å²) >= 11 is 1.74. The van der Waals surface area contributed by atoms with Crippen LogP contribution in [0.25, 0.3) is 0 Å². The summed E-state index contributed by atoms with van der Waals surface area (Å²) in [6.07, 6.45) is 7.51. The molecule has 0 aliphatic heterocycles. The van der Waals surface area contributed by atoms with Gasteiger partial charge in [0.1, 0.15) is 0 Å². The van der Waals surface area contributed by atoms with Crippen LogP contribution in [0.2, 0.25) is 0 Å². The van der Waals surface area contributed by atoms with E-state index >= 15 is 0 Å². The Kier molecular flexibility index (Phi) is 10.1. The second kappa shape index (κ2) is 11.5. The fourth-order valence-corrected chi connectivity index (χ4v) is 3.55. The summed E-state index contributed by atoms with van der Waals surface area (Å²) in [5.41, 5.74) is -0.192. The van der Waals surface area contributed by atoms with E-state index in [9.17, 15) is 4.79 Å². The molecule has 1 atom stereocenters. The van der Waals surface area contributed by atoms with Gasteiger partial charge in [0.15, 0.2) is 0 Å². The molecule has 0 aliphatic carbocycles. The van der Waals surface area contributed by atoms with Crippen molar-refractivity contribution >= 4 is 17.7 Å². The molecular formula is C20H35N3OS. The maximum Gasteiger partial charge on any atom is 0.237 e. The molecule has 25 heavy (non-hydrogen) atoms. The van der Waals surface area contributed by atoms with Crippen molar-refractivity contribution in [1.29, 1.82) is 0 Å². The summed E-state index contributed by atoms with van der Waals surface area (Å²) in [6, 6.07) is 5.91. The smallest absolute Gasteiger partial charge is 0.237 e. The molecule has 1 heterocycles. The van der Waals surface area contributed by atoms with Crippen LogP contribution >= 0.6 is 11.8 Å². The summed E-state index contributed by atoms with van der Waals surface area (Å²) in [4.78, 5) is 19.3. The lowest BCUT2D eigenvalue weighted by molar-refractivity contribution is -0.127. The Morgan fingerprint density at radius 1 is 1.28 bits per heavy atom. The SMILES string of the molecule is CCCCCCC(C(=O)NC(C)(C)C)N(C)CCSc1ccccn1. The van der Waals surface area contributed by atoms with E-state index in [2.05, 4.69) is 29.2 Å². The van der Waals surface area contributed by atoms with E-state index in [1.165, 1.54) is 19.3 Å². The van der Waals surface area contributed by atoms with Crippen molar-refractivity contribution in [2.24, 2.45) is 0 Å². The van der Waals surface area contributed by atoms with Crippen LogP contribution in [0.1, 0.15) is 59.8 Å². The molecule has 4 nitrogen and oxygen atoms in total. The first kappa shape index (κ1) is 22.0. The molecule has 0 aromatic carbocycles. The van der Waals surface area contributed by atoms with Crippen LogP contribution in [0, 0.1) is 0 Å². The average molecular weight is 366 g/mol. The number of hydrogen-bond donors (Lipinski definition) is 1. The number of carbonyl (C=O) groups is 1. The summed E-state index contributed by atoms with van der Waals surface area (Å²) < 4.78 is 0. The zero-order valence-corrected chi connectivity index (χ0v) is 17.4. The Morgan fingerprint density at radius 3 is 2.64 bits per heavy atom. The van der Waals surface area contributed by atoms with E-state index in [1.807, 2.05) is 45.2 Å². The number of unbranched alkanes of at least 4 members (excludes halogenated alkanes) is 3. The lowest BCUT2D eigenvalue weighted by atomic mass is 10.0. The van der Waals surface area contributed by atoms with Crippen molar-refractivity contribution in [3.63, 3.8) is 0 Å². The molecule has 5 heteroatoms. The van der Waals surface area contributed by atoms with E-state index in [4.69, 9.17) is 0 Å². The highest BCUT2D eigenvalue weighted by atomic mass is 32.2. The third-order valence-corrected chi connectivity index (χ3v) is 4.92. The van der Waals surface area contributed by atoms with E-state index < -0.39 is 0 Å². The normalized spacial score (nSPS) is 13.0. The molecule has 1 aromatic heterocycles. The number of hydrogen-bond acceptors (Lipinski definition) is 4. The molecule has 1 N–H and O–H groups in total. The van der Waals surface area contributed by atoms with Crippen molar-refractivity contribution in [3.8, 4) is 0 Å². The fourth-order valence-electron chi connectivity index (χ4n) is 2.65. The molecule has 0 spiro atoms. The van der Waals surface area contributed by atoms with Crippen molar-refractivity contribution in [2.75, 3.05) is 19.3 Å². The predicted octanol–water partition coefficient (Wildman–Crippen LogP) is 4.36. The molecule has 1 aromatic rings. The largest absolute Gasteiger partial charge is 0.350 e. The van der Waals surface area contributed by atoms with Gasteiger partial charge in [0.2, 0.25) is 5.91 Å². The highest BCUT2D eigenvalue weighted by Crippen LogP contribution is 2.16. The van der Waals surface area contributed by atoms with Crippen LogP contribution in [-0.2, 0) is 4.79 Å². The minimum absolute atomic E-state index is 0.0552. The molecule has 142 valence electrons. The summed E-state index contributed by atoms with van der Waals surface area (Å²) in [5.74, 6) is 1.08. The van der Waals surface area contributed by atoms with E-state index in [0.29, 0.717) is 0 Å². The number of amides is 1. The minimum atomic E-state index is -0.192. The van der Waals surface area contributed by atoms with Crippen LogP contribution in [0.5, 0.6) is 0 Å². The number of nitrogens with zero attached hydrogens (tertiary/aromatic N) is 2. The third-order valence-electron chi connectivity index (χ3n) is 4.00. The van der Waals surface area contributed by atoms with Crippen LogP contribution in [0.3, 0.4) is 0 Å². The third kappa shape index (κ3) is 9.85. The number of thioether (sulfide) groups is 1. The second-order valence-electron chi connectivity index (χ2n) is 7.60. The first-order valence-corrected chi connectivity index (χ1v) is 10.4. The van der Waals surface area contributed by atoms with E-state index in [-0.39, 0.29) is 17.5 Å². The Labute approximate surface area is 158 Å². The number of carbonyl (C=O) groups excluding carboxylic acids is 1. The standard InChI is InChI=1S/C20H35N3OS/c1-6-7-8-9-12-17(19(24)22-20(2,3)4)23(5)15-16-25-18-13-10-11-14-21-18/h10-11,13-14,17H,6-9,12,15-16H2,1-5H3,(H,22,24). The van der Waals surface area contributed by atoms with Crippen molar-refractivity contribution in [3.05, 3.63) is 24.4 Å². The van der Waals surface area contributed by atoms with Gasteiger partial charge in [-0.05, 0) is 46.4 Å². The molecule has 0 saturated heterocycles. The molecule has 0 bridgehead atoms. The molecular weight excluding hydrogens is 330 g/mol. The highest BCUT2D eigenvalue weighted by Gasteiger charge is 2.25. The molecule has 0 radical (unpaired) electrons. The summed E-state index contributed by atoms with van der Waals surface area (Å²) in [6.45, 7) is 9.20. The van der Waals surface area contributed by atoms with Gasteiger partial charge in [-0.25, -0.2) is 4.98 Å². The fraction of sp³-hybridized carbons (Fsp3) is 0.700. The highest BCUT2D eigenvalue weighted by molar-refractivity contribution is 7.99. The zero-order chi connectivity index (χ0) is 18.7. The maximum atomic E-state index is 12.7. The Balaban J connectivity index is 2.54. The van der Waals surface area contributed by atoms with Crippen LogP contribution in [0.15, 0.2) is 29.4 Å². The lowest BCUT2D eigenvalue weighted by Gasteiger charge is -2.30. The summed E-state index contributed by atoms with van der Waals surface area (Å²) in [5, 5.41) is 4.19. The zero-order valence-electron chi connectivity index (χ0n) is 16.5. The van der Waals surface area contributed by atoms with Gasteiger partial charge < -0.3 is 5.32 Å². The Morgan fingerprint density at radius 2 is 2.04 bits per heavy atom. The molecule has 1 amide bonds. The lowest BCUT2D eigenvalue weighted by Crippen LogP contribution is -2.51. The summed E-state index contributed by atoms with van der Waals surface area (Å²) in [7, 11) is 2.06. The Bertz CT molecular complexity index is 487. The van der Waals surface area contributed by atoms with Crippen LogP contribution in [-0.4, -0.2) is 46.7 Å². The van der Waals surface area contributed by atoms with Crippen molar-refractivity contribution in [1.82, 2.24) is 15.2 Å². The quantitative estimate of drug-likeness (QED) is 0.467. The number of likely N-dealkylation sites (N-methyl/N-ethyl adjacent to an activating group) is 1. The van der Waals surface area contributed by atoms with E-state index in [0.717, 1.165) is 30.2 Å². The molecule has 0 saturated carbocycles. The van der Waals surface area contributed by atoms with Gasteiger partial charge in [0.25, 0.3) is 0 Å². The first-order valence-electron chi connectivity index (χ1n) is 9.39. The second-order valence-corrected chi connectivity index (χ2v) is 8.72. The predicted molar refractivity (Wildman–Crippen MR) is 108 cm³/mol. The van der Waals surface area contributed by atoms with Crippen LogP contribution in [0.4, 0.5) is 0 Å². The molecule has 1 rings (SSSR count). The van der Waals surface area contributed by atoms with Gasteiger partial charge in [-0.1, -0.05) is 38.7 Å². The Hall–Kier alpha value is -1.07. The van der Waals surface area contributed by atoms with Crippen molar-refractivity contribution < 1.29 is 4.79 Å². The van der Waals surface area contributed by atoms with Gasteiger partial charge >= 0.3 is 0 Å². The molecule has 1 unspecified atom stereocenters. The topological polar surface area (TPSA) is 45.2 Å². The monoisotopic (exact) mass is 365 g/mol. The van der Waals surface area contributed by atoms with Gasteiger partial charge in [-0.3, -0.25) is 9.69 Å². The average Bonchev–Trinajstić information content (AvgIpc) is 2.54.